The molecule has 0 spiro atoms. The second-order valence-corrected chi connectivity index (χ2v) is 9.31. The van der Waals surface area contributed by atoms with Crippen molar-refractivity contribution in [3.63, 3.8) is 0 Å². The minimum atomic E-state index is -0.410. The quantitative estimate of drug-likeness (QED) is 0.653. The fourth-order valence-corrected chi connectivity index (χ4v) is 5.28. The minimum Gasteiger partial charge on any atom is -0.444 e. The van der Waals surface area contributed by atoms with Gasteiger partial charge in [0.2, 0.25) is 5.91 Å². The molecule has 1 aromatic heterocycles. The van der Waals surface area contributed by atoms with E-state index in [-0.39, 0.29) is 12.0 Å². The molecule has 2 unspecified atom stereocenters. The van der Waals surface area contributed by atoms with Crippen molar-refractivity contribution in [2.75, 3.05) is 35.6 Å². The molecule has 0 saturated carbocycles. The smallest absolute Gasteiger partial charge is 0.415 e. The first-order valence-corrected chi connectivity index (χ1v) is 11.7. The van der Waals surface area contributed by atoms with Crippen molar-refractivity contribution < 1.29 is 14.3 Å². The lowest BCUT2D eigenvalue weighted by atomic mass is 10.0. The van der Waals surface area contributed by atoms with Crippen molar-refractivity contribution >= 4 is 35.4 Å². The molecule has 0 radical (unpaired) electrons. The van der Waals surface area contributed by atoms with Gasteiger partial charge in [0.05, 0.1) is 28.8 Å². The number of aromatic nitrogens is 1. The van der Waals surface area contributed by atoms with Gasteiger partial charge in [-0.1, -0.05) is 12.1 Å². The SMILES string of the molecule is N#Cc1cccc2c1CC(CNCCC1CN(c3ccc4c(n3)NC(=O)CS4)C(=O)O1)C2. The first-order valence-electron chi connectivity index (χ1n) is 10.7. The molecule has 1 aromatic carbocycles. The van der Waals surface area contributed by atoms with Gasteiger partial charge in [-0.3, -0.25) is 9.69 Å². The number of rotatable bonds is 6. The lowest BCUT2D eigenvalue weighted by molar-refractivity contribution is -0.113. The summed E-state index contributed by atoms with van der Waals surface area (Å²) >= 11 is 1.44. The Morgan fingerprint density at radius 1 is 1.28 bits per heavy atom. The summed E-state index contributed by atoms with van der Waals surface area (Å²) in [6, 6.07) is 11.9. The van der Waals surface area contributed by atoms with Crippen LogP contribution in [-0.2, 0) is 22.4 Å². The maximum Gasteiger partial charge on any atom is 0.415 e. The van der Waals surface area contributed by atoms with E-state index in [0.29, 0.717) is 36.3 Å². The molecule has 32 heavy (non-hydrogen) atoms. The number of fused-ring (bicyclic) bond motifs is 2. The summed E-state index contributed by atoms with van der Waals surface area (Å²) in [4.78, 5) is 30.9. The Bertz CT molecular complexity index is 1120. The number of carbonyl (C=O) groups is 2. The van der Waals surface area contributed by atoms with E-state index in [1.54, 1.807) is 6.07 Å². The van der Waals surface area contributed by atoms with Crippen LogP contribution in [0.2, 0.25) is 0 Å². The molecular formula is C23H23N5O3S. The number of amides is 2. The molecule has 1 fully saturated rings. The van der Waals surface area contributed by atoms with Gasteiger partial charge in [0.1, 0.15) is 17.7 Å². The molecule has 8 nitrogen and oxygen atoms in total. The van der Waals surface area contributed by atoms with Crippen LogP contribution in [0.5, 0.6) is 0 Å². The summed E-state index contributed by atoms with van der Waals surface area (Å²) in [5.74, 6) is 1.76. The topological polar surface area (TPSA) is 107 Å². The van der Waals surface area contributed by atoms with Crippen molar-refractivity contribution in [2.24, 2.45) is 5.92 Å². The Kier molecular flexibility index (Phi) is 5.72. The molecule has 1 aliphatic carbocycles. The molecule has 1 saturated heterocycles. The van der Waals surface area contributed by atoms with Gasteiger partial charge in [-0.15, -0.1) is 11.8 Å². The normalized spacial score (nSPS) is 21.5. The van der Waals surface area contributed by atoms with Crippen molar-refractivity contribution in [1.82, 2.24) is 10.3 Å². The van der Waals surface area contributed by atoms with Crippen LogP contribution >= 0.6 is 11.8 Å². The molecule has 2 N–H and O–H groups in total. The van der Waals surface area contributed by atoms with E-state index in [4.69, 9.17) is 4.74 Å². The van der Waals surface area contributed by atoms with Gasteiger partial charge < -0.3 is 15.4 Å². The summed E-state index contributed by atoms with van der Waals surface area (Å²) < 4.78 is 5.52. The van der Waals surface area contributed by atoms with Gasteiger partial charge >= 0.3 is 6.09 Å². The molecule has 2 atom stereocenters. The number of anilines is 2. The highest BCUT2D eigenvalue weighted by atomic mass is 32.2. The van der Waals surface area contributed by atoms with E-state index in [0.717, 1.165) is 36.4 Å². The highest BCUT2D eigenvalue weighted by Crippen LogP contribution is 2.33. The van der Waals surface area contributed by atoms with Crippen LogP contribution in [-0.4, -0.2) is 48.5 Å². The third kappa shape index (κ3) is 4.16. The van der Waals surface area contributed by atoms with Gasteiger partial charge in [-0.2, -0.15) is 5.26 Å². The molecule has 3 heterocycles. The fraction of sp³-hybridized carbons (Fsp3) is 0.391. The number of benzene rings is 1. The van der Waals surface area contributed by atoms with E-state index in [1.807, 2.05) is 18.2 Å². The number of ether oxygens (including phenoxy) is 1. The van der Waals surface area contributed by atoms with E-state index in [2.05, 4.69) is 27.8 Å². The summed E-state index contributed by atoms with van der Waals surface area (Å²) in [7, 11) is 0. The van der Waals surface area contributed by atoms with Crippen molar-refractivity contribution in [1.29, 1.82) is 5.26 Å². The number of hydrogen-bond acceptors (Lipinski definition) is 7. The summed E-state index contributed by atoms with van der Waals surface area (Å²) in [5.41, 5.74) is 3.26. The van der Waals surface area contributed by atoms with E-state index in [1.165, 1.54) is 27.8 Å². The molecule has 2 amide bonds. The van der Waals surface area contributed by atoms with Crippen LogP contribution in [0.4, 0.5) is 16.4 Å². The van der Waals surface area contributed by atoms with Gasteiger partial charge in [0.15, 0.2) is 0 Å². The number of nitrogens with one attached hydrogen (secondary N) is 2. The Hall–Kier alpha value is -3.09. The highest BCUT2D eigenvalue weighted by Gasteiger charge is 2.33. The lowest BCUT2D eigenvalue weighted by Gasteiger charge is -2.18. The third-order valence-corrected chi connectivity index (χ3v) is 7.13. The summed E-state index contributed by atoms with van der Waals surface area (Å²) in [6.07, 6.45) is 2.01. The van der Waals surface area contributed by atoms with Crippen LogP contribution < -0.4 is 15.5 Å². The second-order valence-electron chi connectivity index (χ2n) is 8.29. The zero-order chi connectivity index (χ0) is 22.1. The summed E-state index contributed by atoms with van der Waals surface area (Å²) in [5, 5.41) is 15.5. The Labute approximate surface area is 190 Å². The largest absolute Gasteiger partial charge is 0.444 e. The molecule has 3 aliphatic rings. The molecule has 5 rings (SSSR count). The molecular weight excluding hydrogens is 426 g/mol. The Morgan fingerprint density at radius 3 is 3.06 bits per heavy atom. The number of carbonyl (C=O) groups excluding carboxylic acids is 2. The first kappa shape index (κ1) is 20.8. The van der Waals surface area contributed by atoms with Gasteiger partial charge in [0, 0.05) is 0 Å². The molecule has 9 heteroatoms. The zero-order valence-corrected chi connectivity index (χ0v) is 18.3. The van der Waals surface area contributed by atoms with Crippen LogP contribution in [0.15, 0.2) is 35.2 Å². The number of nitrogens with zero attached hydrogens (tertiary/aromatic N) is 3. The predicted octanol–water partition coefficient (Wildman–Crippen LogP) is 2.72. The minimum absolute atomic E-state index is 0.0886. The Morgan fingerprint density at radius 2 is 2.19 bits per heavy atom. The predicted molar refractivity (Wildman–Crippen MR) is 121 cm³/mol. The number of thioether (sulfide) groups is 1. The molecule has 164 valence electrons. The van der Waals surface area contributed by atoms with Gasteiger partial charge in [0.25, 0.3) is 0 Å². The fourth-order valence-electron chi connectivity index (χ4n) is 4.52. The van der Waals surface area contributed by atoms with Crippen LogP contribution in [0.25, 0.3) is 0 Å². The monoisotopic (exact) mass is 449 g/mol. The first-order chi connectivity index (χ1) is 15.6. The average molecular weight is 450 g/mol. The number of cyclic esters (lactones) is 1. The third-order valence-electron chi connectivity index (χ3n) is 6.08. The van der Waals surface area contributed by atoms with Crippen molar-refractivity contribution in [3.05, 3.63) is 47.0 Å². The van der Waals surface area contributed by atoms with Crippen LogP contribution in [0.1, 0.15) is 23.1 Å². The highest BCUT2D eigenvalue weighted by molar-refractivity contribution is 8.00. The Balaban J connectivity index is 1.10. The van der Waals surface area contributed by atoms with E-state index in [9.17, 15) is 14.9 Å². The molecule has 0 bridgehead atoms. The van der Waals surface area contributed by atoms with Gasteiger partial charge in [-0.25, -0.2) is 9.78 Å². The standard InChI is InChI=1S/C23H23N5O3S/c24-10-16-3-1-2-15-8-14(9-18(15)16)11-25-7-6-17-12-28(23(30)31-17)20-5-4-19-22(26-20)27-21(29)13-32-19/h1-5,14,17,25H,6-9,11-13H2,(H,26,27,29). The van der Waals surface area contributed by atoms with Crippen molar-refractivity contribution in [2.45, 2.75) is 30.3 Å². The zero-order valence-electron chi connectivity index (χ0n) is 17.5. The van der Waals surface area contributed by atoms with Crippen LogP contribution in [0.3, 0.4) is 0 Å². The van der Waals surface area contributed by atoms with E-state index >= 15 is 0 Å². The van der Waals surface area contributed by atoms with Gasteiger partial charge in [-0.05, 0) is 67.6 Å². The number of pyridine rings is 1. The molecule has 2 aliphatic heterocycles. The molecule has 2 aromatic rings. The summed E-state index contributed by atoms with van der Waals surface area (Å²) in [6.45, 7) is 2.05. The van der Waals surface area contributed by atoms with E-state index < -0.39 is 6.09 Å². The van der Waals surface area contributed by atoms with Crippen LogP contribution in [0, 0.1) is 17.2 Å². The number of hydrogen-bond donors (Lipinski definition) is 2. The average Bonchev–Trinajstić information content (AvgIpc) is 3.38. The maximum absolute atomic E-state index is 12.4. The maximum atomic E-state index is 12.4. The second kappa shape index (κ2) is 8.81. The van der Waals surface area contributed by atoms with Crippen molar-refractivity contribution in [3.8, 4) is 6.07 Å². The lowest BCUT2D eigenvalue weighted by Crippen LogP contribution is -2.29. The number of nitriles is 1.